The van der Waals surface area contributed by atoms with Gasteiger partial charge in [0.2, 0.25) is 0 Å². The van der Waals surface area contributed by atoms with Gasteiger partial charge in [0.25, 0.3) is 5.56 Å². The molecule has 2 aromatic rings. The fourth-order valence-electron chi connectivity index (χ4n) is 1.73. The van der Waals surface area contributed by atoms with E-state index in [2.05, 4.69) is 37.2 Å². The quantitative estimate of drug-likeness (QED) is 0.829. The first-order valence-electron chi connectivity index (χ1n) is 6.02. The highest BCUT2D eigenvalue weighted by Crippen LogP contribution is 2.15. The van der Waals surface area contributed by atoms with Crippen molar-refractivity contribution in [3.8, 4) is 12.3 Å². The second kappa shape index (κ2) is 6.39. The van der Waals surface area contributed by atoms with Crippen LogP contribution in [-0.2, 0) is 20.0 Å². The molecule has 0 saturated carbocycles. The first kappa shape index (κ1) is 14.3. The molecule has 0 aliphatic carbocycles. The van der Waals surface area contributed by atoms with Gasteiger partial charge in [0.05, 0.1) is 11.9 Å². The Labute approximate surface area is 125 Å². The molecule has 7 heteroatoms. The highest BCUT2D eigenvalue weighted by molar-refractivity contribution is 9.10. The third-order valence-corrected chi connectivity index (χ3v) is 3.58. The summed E-state index contributed by atoms with van der Waals surface area (Å²) in [6, 6.07) is 0. The Morgan fingerprint density at radius 2 is 2.35 bits per heavy atom. The Hall–Kier alpha value is -2.07. The predicted molar refractivity (Wildman–Crippen MR) is 80.4 cm³/mol. The Kier molecular flexibility index (Phi) is 4.58. The zero-order valence-electron chi connectivity index (χ0n) is 11.0. The SMILES string of the molecule is C#CCn1ncc(NCCc2nccn2C)c(Br)c1=O. The summed E-state index contributed by atoms with van der Waals surface area (Å²) in [5.41, 5.74) is 0.405. The first-order chi connectivity index (χ1) is 9.63. The number of nitrogens with zero attached hydrogens (tertiary/aromatic N) is 4. The van der Waals surface area contributed by atoms with Crippen molar-refractivity contribution < 1.29 is 0 Å². The molecule has 20 heavy (non-hydrogen) atoms. The van der Waals surface area contributed by atoms with Crippen LogP contribution >= 0.6 is 15.9 Å². The van der Waals surface area contributed by atoms with Crippen LogP contribution in [0.3, 0.4) is 0 Å². The lowest BCUT2D eigenvalue weighted by Gasteiger charge is -2.09. The highest BCUT2D eigenvalue weighted by atomic mass is 79.9. The standard InChI is InChI=1S/C13H14BrN5O/c1-3-7-19-13(20)12(14)10(9-17-19)15-5-4-11-16-6-8-18(11)2/h1,6,8-9,15H,4-5,7H2,2H3. The summed E-state index contributed by atoms with van der Waals surface area (Å²) in [4.78, 5) is 16.2. The van der Waals surface area contributed by atoms with Crippen molar-refractivity contribution in [2.24, 2.45) is 7.05 Å². The van der Waals surface area contributed by atoms with Crippen LogP contribution in [0, 0.1) is 12.3 Å². The van der Waals surface area contributed by atoms with Crippen molar-refractivity contribution in [1.29, 1.82) is 0 Å². The Bertz CT molecular complexity index is 698. The van der Waals surface area contributed by atoms with Gasteiger partial charge in [0, 0.05) is 32.4 Å². The summed E-state index contributed by atoms with van der Waals surface area (Å²) >= 11 is 3.27. The summed E-state index contributed by atoms with van der Waals surface area (Å²) in [5.74, 6) is 3.36. The fraction of sp³-hybridized carbons (Fsp3) is 0.308. The van der Waals surface area contributed by atoms with Gasteiger partial charge < -0.3 is 9.88 Å². The molecule has 0 spiro atoms. The van der Waals surface area contributed by atoms with Gasteiger partial charge >= 0.3 is 0 Å². The molecular weight excluding hydrogens is 322 g/mol. The van der Waals surface area contributed by atoms with Gasteiger partial charge in [-0.2, -0.15) is 5.10 Å². The van der Waals surface area contributed by atoms with Gasteiger partial charge in [-0.25, -0.2) is 9.67 Å². The van der Waals surface area contributed by atoms with E-state index in [9.17, 15) is 4.79 Å². The third kappa shape index (κ3) is 3.08. The lowest BCUT2D eigenvalue weighted by Crippen LogP contribution is -2.24. The molecule has 0 aliphatic heterocycles. The van der Waals surface area contributed by atoms with E-state index in [1.54, 1.807) is 12.4 Å². The van der Waals surface area contributed by atoms with Crippen molar-refractivity contribution >= 4 is 21.6 Å². The number of halogens is 1. The van der Waals surface area contributed by atoms with Crippen LogP contribution in [0.25, 0.3) is 0 Å². The van der Waals surface area contributed by atoms with Crippen LogP contribution in [0.1, 0.15) is 5.82 Å². The number of aromatic nitrogens is 4. The summed E-state index contributed by atoms with van der Waals surface area (Å²) in [7, 11) is 1.95. The molecule has 2 heterocycles. The zero-order chi connectivity index (χ0) is 14.5. The number of hydrogen-bond acceptors (Lipinski definition) is 4. The molecule has 0 atom stereocenters. The molecule has 0 radical (unpaired) electrons. The van der Waals surface area contributed by atoms with E-state index < -0.39 is 0 Å². The minimum absolute atomic E-state index is 0.158. The molecule has 0 aliphatic rings. The van der Waals surface area contributed by atoms with Crippen LogP contribution in [0.2, 0.25) is 0 Å². The van der Waals surface area contributed by atoms with Gasteiger partial charge in [0.15, 0.2) is 0 Å². The number of nitrogens with one attached hydrogen (secondary N) is 1. The van der Waals surface area contributed by atoms with Crippen LogP contribution in [0.15, 0.2) is 27.9 Å². The fourth-order valence-corrected chi connectivity index (χ4v) is 2.18. The Morgan fingerprint density at radius 3 is 3.00 bits per heavy atom. The van der Waals surface area contributed by atoms with Gasteiger partial charge in [-0.3, -0.25) is 4.79 Å². The van der Waals surface area contributed by atoms with E-state index in [-0.39, 0.29) is 12.1 Å². The maximum Gasteiger partial charge on any atom is 0.284 e. The maximum absolute atomic E-state index is 11.9. The second-order valence-electron chi connectivity index (χ2n) is 4.17. The van der Waals surface area contributed by atoms with Crippen molar-refractivity contribution in [3.05, 3.63) is 39.2 Å². The van der Waals surface area contributed by atoms with E-state index in [4.69, 9.17) is 6.42 Å². The smallest absolute Gasteiger partial charge is 0.284 e. The predicted octanol–water partition coefficient (Wildman–Crippen LogP) is 1.03. The molecule has 0 saturated heterocycles. The highest BCUT2D eigenvalue weighted by Gasteiger charge is 2.08. The van der Waals surface area contributed by atoms with Gasteiger partial charge in [-0.15, -0.1) is 6.42 Å². The molecular formula is C13H14BrN5O. The number of rotatable bonds is 5. The van der Waals surface area contributed by atoms with Crippen LogP contribution < -0.4 is 10.9 Å². The van der Waals surface area contributed by atoms with Gasteiger partial charge in [-0.1, -0.05) is 5.92 Å². The second-order valence-corrected chi connectivity index (χ2v) is 4.96. The lowest BCUT2D eigenvalue weighted by atomic mass is 10.3. The van der Waals surface area contributed by atoms with E-state index >= 15 is 0 Å². The van der Waals surface area contributed by atoms with E-state index in [0.29, 0.717) is 16.7 Å². The number of anilines is 1. The topological polar surface area (TPSA) is 64.7 Å². The van der Waals surface area contributed by atoms with Crippen molar-refractivity contribution in [1.82, 2.24) is 19.3 Å². The number of imidazole rings is 1. The van der Waals surface area contributed by atoms with E-state index in [1.807, 2.05) is 17.8 Å². The van der Waals surface area contributed by atoms with Crippen LogP contribution in [0.4, 0.5) is 5.69 Å². The van der Waals surface area contributed by atoms with Crippen LogP contribution in [-0.4, -0.2) is 25.9 Å². The Morgan fingerprint density at radius 1 is 1.55 bits per heavy atom. The molecule has 0 fully saturated rings. The zero-order valence-corrected chi connectivity index (χ0v) is 12.6. The normalized spacial score (nSPS) is 10.2. The van der Waals surface area contributed by atoms with Crippen molar-refractivity contribution in [2.75, 3.05) is 11.9 Å². The van der Waals surface area contributed by atoms with Gasteiger partial charge in [-0.05, 0) is 15.9 Å². The van der Waals surface area contributed by atoms with Gasteiger partial charge in [0.1, 0.15) is 16.8 Å². The maximum atomic E-state index is 11.9. The molecule has 104 valence electrons. The van der Waals surface area contributed by atoms with Crippen LogP contribution in [0.5, 0.6) is 0 Å². The molecule has 0 amide bonds. The largest absolute Gasteiger partial charge is 0.382 e. The molecule has 2 rings (SSSR count). The van der Waals surface area contributed by atoms with Crippen molar-refractivity contribution in [3.63, 3.8) is 0 Å². The summed E-state index contributed by atoms with van der Waals surface area (Å²) < 4.78 is 3.62. The number of aryl methyl sites for hydroxylation is 1. The molecule has 0 unspecified atom stereocenters. The Balaban J connectivity index is 2.04. The molecule has 1 N–H and O–H groups in total. The molecule has 0 bridgehead atoms. The number of hydrogen-bond donors (Lipinski definition) is 1. The van der Waals surface area contributed by atoms with E-state index in [0.717, 1.165) is 12.2 Å². The van der Waals surface area contributed by atoms with E-state index in [1.165, 1.54) is 4.68 Å². The number of terminal acetylenes is 1. The minimum atomic E-state index is -0.245. The average molecular weight is 336 g/mol. The minimum Gasteiger partial charge on any atom is -0.382 e. The molecule has 2 aromatic heterocycles. The summed E-state index contributed by atoms with van der Waals surface area (Å²) in [6.07, 6.45) is 11.2. The average Bonchev–Trinajstić information content (AvgIpc) is 2.84. The van der Waals surface area contributed by atoms with Crippen molar-refractivity contribution in [2.45, 2.75) is 13.0 Å². The molecule has 6 nitrogen and oxygen atoms in total. The summed E-state index contributed by atoms with van der Waals surface area (Å²) in [6.45, 7) is 0.814. The third-order valence-electron chi connectivity index (χ3n) is 2.81. The lowest BCUT2D eigenvalue weighted by molar-refractivity contribution is 0.659. The first-order valence-corrected chi connectivity index (χ1v) is 6.82. The molecule has 0 aromatic carbocycles. The summed E-state index contributed by atoms with van der Waals surface area (Å²) in [5, 5.41) is 7.17. The monoisotopic (exact) mass is 335 g/mol.